The van der Waals surface area contributed by atoms with E-state index in [-0.39, 0.29) is 12.1 Å². The Morgan fingerprint density at radius 3 is 2.67 bits per heavy atom. The number of nitrogens with zero attached hydrogens (tertiary/aromatic N) is 4. The van der Waals surface area contributed by atoms with Crippen LogP contribution in [-0.2, 0) is 18.3 Å². The topological polar surface area (TPSA) is 97.2 Å². The van der Waals surface area contributed by atoms with Gasteiger partial charge in [-0.15, -0.1) is 6.58 Å². The zero-order valence-corrected chi connectivity index (χ0v) is 21.5. The minimum Gasteiger partial charge on any atom is -0.494 e. The van der Waals surface area contributed by atoms with Gasteiger partial charge in [-0.25, -0.2) is 14.8 Å². The molecule has 0 aliphatic heterocycles. The van der Waals surface area contributed by atoms with Gasteiger partial charge in [0.25, 0.3) is 0 Å². The number of esters is 1. The number of pyridine rings is 1. The minimum absolute atomic E-state index is 0.160. The normalized spacial score (nSPS) is 18.1. The minimum atomic E-state index is -0.400. The number of carbonyl (C=O) groups is 1. The molecule has 1 aliphatic rings. The van der Waals surface area contributed by atoms with E-state index in [9.17, 15) is 4.79 Å². The fourth-order valence-corrected chi connectivity index (χ4v) is 4.86. The Morgan fingerprint density at radius 2 is 2.03 bits per heavy atom. The molecule has 0 bridgehead atoms. The molecule has 1 aromatic carbocycles. The van der Waals surface area contributed by atoms with Crippen LogP contribution in [0.15, 0.2) is 43.0 Å². The van der Waals surface area contributed by atoms with Crippen LogP contribution in [0.2, 0.25) is 0 Å². The second-order valence-electron chi connectivity index (χ2n) is 9.97. The van der Waals surface area contributed by atoms with Crippen LogP contribution >= 0.6 is 0 Å². The third-order valence-electron chi connectivity index (χ3n) is 6.89. The highest BCUT2D eigenvalue weighted by Gasteiger charge is 2.35. The van der Waals surface area contributed by atoms with Crippen LogP contribution < -0.4 is 10.5 Å². The zero-order chi connectivity index (χ0) is 25.7. The molecular weight excluding hydrogens is 454 g/mol. The molecule has 188 valence electrons. The molecule has 1 saturated carbocycles. The number of rotatable bonds is 8. The van der Waals surface area contributed by atoms with Crippen molar-refractivity contribution in [1.29, 1.82) is 0 Å². The smallest absolute Gasteiger partial charge is 0.338 e. The van der Waals surface area contributed by atoms with Crippen LogP contribution in [0, 0.1) is 11.8 Å². The fourth-order valence-electron chi connectivity index (χ4n) is 4.86. The van der Waals surface area contributed by atoms with Crippen LogP contribution in [0.5, 0.6) is 5.75 Å². The van der Waals surface area contributed by atoms with Crippen LogP contribution in [0.3, 0.4) is 0 Å². The van der Waals surface area contributed by atoms with Gasteiger partial charge >= 0.3 is 5.97 Å². The predicted molar refractivity (Wildman–Crippen MR) is 141 cm³/mol. The summed E-state index contributed by atoms with van der Waals surface area (Å²) < 4.78 is 15.3. The lowest BCUT2D eigenvalue weighted by atomic mass is 10.2. The summed E-state index contributed by atoms with van der Waals surface area (Å²) in [6.07, 6.45) is 2.94. The number of fused-ring (bicyclic) bond motifs is 2. The van der Waals surface area contributed by atoms with Crippen LogP contribution in [0.1, 0.15) is 49.3 Å². The van der Waals surface area contributed by atoms with Crippen molar-refractivity contribution < 1.29 is 14.3 Å². The first kappa shape index (κ1) is 24.1. The molecule has 3 atom stereocenters. The van der Waals surface area contributed by atoms with E-state index in [0.717, 1.165) is 46.7 Å². The molecule has 1 aliphatic carbocycles. The molecule has 5 rings (SSSR count). The molecule has 0 radical (unpaired) electrons. The van der Waals surface area contributed by atoms with Crippen molar-refractivity contribution in [2.45, 2.75) is 45.9 Å². The lowest BCUT2D eigenvalue weighted by Crippen LogP contribution is -2.11. The Hall–Kier alpha value is -3.65. The summed E-state index contributed by atoms with van der Waals surface area (Å²) in [5, 5.41) is 1.03. The van der Waals surface area contributed by atoms with E-state index in [1.165, 1.54) is 0 Å². The van der Waals surface area contributed by atoms with Crippen LogP contribution in [0.25, 0.3) is 33.6 Å². The first-order chi connectivity index (χ1) is 17.2. The number of allylic oxidation sites excluding steroid dienone is 1. The van der Waals surface area contributed by atoms with E-state index in [4.69, 9.17) is 25.2 Å². The highest BCUT2D eigenvalue weighted by molar-refractivity contribution is 5.97. The van der Waals surface area contributed by atoms with Crippen LogP contribution in [0.4, 0.5) is 0 Å². The number of benzene rings is 1. The maximum atomic E-state index is 12.6. The van der Waals surface area contributed by atoms with Crippen LogP contribution in [-0.4, -0.2) is 38.3 Å². The van der Waals surface area contributed by atoms with Gasteiger partial charge in [-0.1, -0.05) is 6.08 Å². The second kappa shape index (κ2) is 9.09. The number of aromatic nitrogens is 4. The van der Waals surface area contributed by atoms with Gasteiger partial charge in [-0.3, -0.25) is 0 Å². The highest BCUT2D eigenvalue weighted by Crippen LogP contribution is 2.43. The Morgan fingerprint density at radius 1 is 1.25 bits per heavy atom. The molecule has 3 aromatic heterocycles. The van der Waals surface area contributed by atoms with Gasteiger partial charge in [-0.05, 0) is 69.4 Å². The predicted octanol–water partition coefficient (Wildman–Crippen LogP) is 5.01. The monoisotopic (exact) mass is 487 g/mol. The van der Waals surface area contributed by atoms with Crippen molar-refractivity contribution >= 4 is 28.0 Å². The van der Waals surface area contributed by atoms with E-state index in [0.29, 0.717) is 28.7 Å². The Balaban J connectivity index is 1.69. The molecule has 1 fully saturated rings. The lowest BCUT2D eigenvalue weighted by Gasteiger charge is -2.12. The maximum absolute atomic E-state index is 12.6. The molecule has 4 aromatic rings. The number of imidazole rings is 1. The van der Waals surface area contributed by atoms with Crippen molar-refractivity contribution in [3.05, 3.63) is 54.2 Å². The van der Waals surface area contributed by atoms with Gasteiger partial charge < -0.3 is 24.3 Å². The van der Waals surface area contributed by atoms with E-state index >= 15 is 0 Å². The Bertz CT molecular complexity index is 1480. The number of aryl methyl sites for hydroxylation is 1. The second-order valence-corrected chi connectivity index (χ2v) is 9.97. The molecule has 36 heavy (non-hydrogen) atoms. The molecule has 8 heteroatoms. The number of ether oxygens (including phenoxy) is 2. The van der Waals surface area contributed by atoms with Gasteiger partial charge in [0.05, 0.1) is 35.7 Å². The Kier molecular flexibility index (Phi) is 6.08. The molecule has 2 N–H and O–H groups in total. The quantitative estimate of drug-likeness (QED) is 0.277. The summed E-state index contributed by atoms with van der Waals surface area (Å²) in [4.78, 5) is 22.5. The summed E-state index contributed by atoms with van der Waals surface area (Å²) in [6, 6.07) is 9.49. The summed E-state index contributed by atoms with van der Waals surface area (Å²) in [5.74, 6) is 1.97. The number of hydrogen-bond acceptors (Lipinski definition) is 6. The molecule has 3 heterocycles. The van der Waals surface area contributed by atoms with Crippen molar-refractivity contribution in [1.82, 2.24) is 19.1 Å². The number of methoxy groups -OCH3 is 1. The first-order valence-electron chi connectivity index (χ1n) is 12.4. The van der Waals surface area contributed by atoms with Gasteiger partial charge in [0, 0.05) is 25.0 Å². The zero-order valence-electron chi connectivity index (χ0n) is 21.5. The average Bonchev–Trinajstić information content (AvgIpc) is 3.40. The Labute approximate surface area is 210 Å². The standard InChI is InChI=1S/C28H33N5O3/c1-7-17-10-20(17)14-33-23(12-18-8-9-21(16(4)29)30-26(18)33)27-31-22-11-19(28(34)36-15(2)3)13-24(35-6)25(22)32(27)5/h7-9,11-13,15-17,20H,1,10,14,29H2,2-6H3/t16-,17-,20-/m1/s1. The molecule has 8 nitrogen and oxygen atoms in total. The van der Waals surface area contributed by atoms with E-state index in [1.807, 2.05) is 44.5 Å². The number of carbonyl (C=O) groups excluding carboxylic acids is 1. The fraction of sp³-hybridized carbons (Fsp3) is 0.393. The number of hydrogen-bond donors (Lipinski definition) is 1. The van der Waals surface area contributed by atoms with E-state index in [2.05, 4.69) is 23.3 Å². The van der Waals surface area contributed by atoms with Crippen molar-refractivity contribution in [2.24, 2.45) is 24.6 Å². The highest BCUT2D eigenvalue weighted by atomic mass is 16.5. The molecule has 0 unspecified atom stereocenters. The van der Waals surface area contributed by atoms with Crippen molar-refractivity contribution in [3.8, 4) is 17.3 Å². The third-order valence-corrected chi connectivity index (χ3v) is 6.89. The molecule has 0 spiro atoms. The van der Waals surface area contributed by atoms with Gasteiger partial charge in [0.1, 0.15) is 16.9 Å². The molecule has 0 amide bonds. The van der Waals surface area contributed by atoms with Crippen molar-refractivity contribution in [3.63, 3.8) is 0 Å². The first-order valence-corrected chi connectivity index (χ1v) is 12.4. The molecule has 0 saturated heterocycles. The maximum Gasteiger partial charge on any atom is 0.338 e. The largest absolute Gasteiger partial charge is 0.494 e. The summed E-state index contributed by atoms with van der Waals surface area (Å²) >= 11 is 0. The third kappa shape index (κ3) is 4.15. The van der Waals surface area contributed by atoms with Crippen molar-refractivity contribution in [2.75, 3.05) is 7.11 Å². The summed E-state index contributed by atoms with van der Waals surface area (Å²) in [5.41, 5.74) is 10.7. The van der Waals surface area contributed by atoms with Gasteiger partial charge in [0.15, 0.2) is 5.82 Å². The van der Waals surface area contributed by atoms with Gasteiger partial charge in [-0.2, -0.15) is 0 Å². The molecular formula is C28H33N5O3. The van der Waals surface area contributed by atoms with E-state index in [1.54, 1.807) is 19.2 Å². The van der Waals surface area contributed by atoms with E-state index < -0.39 is 5.97 Å². The average molecular weight is 488 g/mol. The summed E-state index contributed by atoms with van der Waals surface area (Å²) in [6.45, 7) is 10.4. The van der Waals surface area contributed by atoms with Gasteiger partial charge in [0.2, 0.25) is 0 Å². The summed E-state index contributed by atoms with van der Waals surface area (Å²) in [7, 11) is 3.56. The SMILES string of the molecule is C=C[C@@H]1C[C@@H]1Cn1c(-c2nc3cc(C(=O)OC(C)C)cc(OC)c3n2C)cc2ccc([C@@H](C)N)nc21. The number of nitrogens with two attached hydrogens (primary N) is 1. The lowest BCUT2D eigenvalue weighted by molar-refractivity contribution is 0.0377.